The molecule has 14 atom stereocenters. The Morgan fingerprint density at radius 1 is 0.648 bits per heavy atom. The van der Waals surface area contributed by atoms with Crippen LogP contribution in [-0.2, 0) is 63.9 Å². The summed E-state index contributed by atoms with van der Waals surface area (Å²) in [5.41, 5.74) is 31.1. The van der Waals surface area contributed by atoms with Crippen molar-refractivity contribution < 1.29 is 67.7 Å². The first-order valence-electron chi connectivity index (χ1n) is 30.5. The predicted octanol–water partition coefficient (Wildman–Crippen LogP) is -3.15. The molecule has 2 aromatic rings. The number of aliphatic hydroxyl groups is 2. The van der Waals surface area contributed by atoms with E-state index in [1.807, 2.05) is 13.8 Å². The van der Waals surface area contributed by atoms with Crippen LogP contribution in [0.2, 0.25) is 0 Å². The number of carbonyl (C=O) groups excluding carboxylic acids is 11. The van der Waals surface area contributed by atoms with Gasteiger partial charge in [-0.05, 0) is 121 Å². The molecule has 0 radical (unpaired) electrons. The molecular formula is C61H95N13O14. The highest BCUT2D eigenvalue weighted by Crippen LogP contribution is 2.32. The molecule has 2 aliphatic heterocycles. The first-order valence-corrected chi connectivity index (χ1v) is 30.5. The van der Waals surface area contributed by atoms with Crippen LogP contribution < -0.4 is 71.2 Å². The third-order valence-electron chi connectivity index (χ3n) is 15.8. The number of hydrogen-bond donors (Lipinski definition) is 15. The van der Waals surface area contributed by atoms with E-state index in [0.717, 1.165) is 0 Å². The van der Waals surface area contributed by atoms with Crippen LogP contribution in [0.15, 0.2) is 60.7 Å². The second kappa shape index (κ2) is 37.7. The molecule has 27 nitrogen and oxygen atoms in total. The first kappa shape index (κ1) is 73.4. The first-order chi connectivity index (χ1) is 42.0. The quantitative estimate of drug-likeness (QED) is 0.0310. The normalized spacial score (nSPS) is 24.9. The van der Waals surface area contributed by atoms with E-state index in [-0.39, 0.29) is 116 Å². The number of Topliss-reactive ketones (excluding diaryl/α,β-unsaturated/α-hetero) is 3. The van der Waals surface area contributed by atoms with Gasteiger partial charge in [0, 0.05) is 44.1 Å². The van der Waals surface area contributed by atoms with Gasteiger partial charge in [0.25, 0.3) is 0 Å². The highest BCUT2D eigenvalue weighted by Gasteiger charge is 2.45. The Balaban J connectivity index is 1.67. The Bertz CT molecular complexity index is 2630. The molecule has 4 unspecified atom stereocenters. The van der Waals surface area contributed by atoms with Gasteiger partial charge in [0.1, 0.15) is 24.0 Å². The number of ketones is 3. The minimum Gasteiger partial charge on any atom is -0.464 e. The third kappa shape index (κ3) is 23.1. The van der Waals surface area contributed by atoms with Crippen molar-refractivity contribution in [1.82, 2.24) is 42.5 Å². The van der Waals surface area contributed by atoms with Crippen molar-refractivity contribution in [1.29, 1.82) is 0 Å². The number of carbonyl (C=O) groups is 11. The molecule has 488 valence electrons. The monoisotopic (exact) mass is 1230 g/mol. The van der Waals surface area contributed by atoms with Gasteiger partial charge in [-0.1, -0.05) is 74.5 Å². The zero-order valence-electron chi connectivity index (χ0n) is 51.0. The molecular weight excluding hydrogens is 1140 g/mol. The number of amides is 7. The van der Waals surface area contributed by atoms with Crippen LogP contribution in [0.4, 0.5) is 0 Å². The van der Waals surface area contributed by atoms with E-state index >= 15 is 0 Å². The molecule has 0 saturated carbocycles. The molecule has 2 aromatic carbocycles. The van der Waals surface area contributed by atoms with Crippen molar-refractivity contribution in [3.8, 4) is 0 Å². The number of hydrogen-bond acceptors (Lipinski definition) is 20. The summed E-state index contributed by atoms with van der Waals surface area (Å²) in [5, 5.41) is 43.9. The van der Waals surface area contributed by atoms with Crippen molar-refractivity contribution in [3.05, 3.63) is 71.8 Å². The van der Waals surface area contributed by atoms with Gasteiger partial charge < -0.3 is 86.2 Å². The van der Waals surface area contributed by atoms with Crippen molar-refractivity contribution in [2.75, 3.05) is 52.4 Å². The summed E-state index contributed by atoms with van der Waals surface area (Å²) in [6, 6.07) is 8.63. The average molecular weight is 1230 g/mol. The third-order valence-corrected chi connectivity index (χ3v) is 15.8. The zero-order valence-corrected chi connectivity index (χ0v) is 51.0. The molecule has 88 heavy (non-hydrogen) atoms. The Kier molecular flexibility index (Phi) is 31.4. The Labute approximate surface area is 514 Å². The van der Waals surface area contributed by atoms with Crippen LogP contribution in [-0.4, -0.2) is 182 Å². The molecule has 20 N–H and O–H groups in total. The number of benzene rings is 2. The maximum atomic E-state index is 14.6. The Hall–Kier alpha value is -7.11. The van der Waals surface area contributed by atoms with Gasteiger partial charge in [-0.3, -0.25) is 52.7 Å². The highest BCUT2D eigenvalue weighted by atomic mass is 16.5. The molecule has 0 aromatic heterocycles. The van der Waals surface area contributed by atoms with Crippen LogP contribution >= 0.6 is 0 Å². The van der Waals surface area contributed by atoms with Crippen molar-refractivity contribution >= 4 is 64.7 Å². The molecule has 4 rings (SSSR count). The van der Waals surface area contributed by atoms with E-state index in [4.69, 9.17) is 33.4 Å². The lowest BCUT2D eigenvalue weighted by Crippen LogP contribution is -2.58. The topological polar surface area (TPSA) is 464 Å². The van der Waals surface area contributed by atoms with Crippen LogP contribution in [0, 0.1) is 29.6 Å². The molecule has 0 aliphatic carbocycles. The molecule has 0 bridgehead atoms. The average Bonchev–Trinajstić information content (AvgIpc) is 4.03. The molecule has 2 fully saturated rings. The number of rotatable bonds is 27. The number of ether oxygens (including phenoxy) is 1. The summed E-state index contributed by atoms with van der Waals surface area (Å²) in [5.74, 6) is -13.5. The fraction of sp³-hybridized carbons (Fsp3) is 0.623. The van der Waals surface area contributed by atoms with E-state index < -0.39 is 162 Å². The predicted molar refractivity (Wildman–Crippen MR) is 325 cm³/mol. The number of nitrogens with one attached hydrogen (secondary N) is 8. The fourth-order valence-corrected chi connectivity index (χ4v) is 10.8. The summed E-state index contributed by atoms with van der Waals surface area (Å²) in [6.07, 6.45) is -4.51. The van der Waals surface area contributed by atoms with Crippen LogP contribution in [0.1, 0.15) is 109 Å². The van der Waals surface area contributed by atoms with Gasteiger partial charge >= 0.3 is 5.97 Å². The van der Waals surface area contributed by atoms with E-state index in [2.05, 4.69) is 42.5 Å². The number of cyclic esters (lactones) is 1. The van der Waals surface area contributed by atoms with Gasteiger partial charge in [-0.2, -0.15) is 0 Å². The second-order valence-electron chi connectivity index (χ2n) is 23.3. The second-order valence-corrected chi connectivity index (χ2v) is 23.3. The Morgan fingerprint density at radius 2 is 1.22 bits per heavy atom. The van der Waals surface area contributed by atoms with Crippen LogP contribution in [0.5, 0.6) is 0 Å². The Morgan fingerprint density at radius 3 is 1.81 bits per heavy atom. The van der Waals surface area contributed by atoms with Crippen LogP contribution in [0.25, 0.3) is 0 Å². The van der Waals surface area contributed by atoms with Gasteiger partial charge in [-0.25, -0.2) is 0 Å². The molecule has 7 amide bonds. The van der Waals surface area contributed by atoms with Gasteiger partial charge in [-0.15, -0.1) is 0 Å². The van der Waals surface area contributed by atoms with E-state index in [1.165, 1.54) is 13.8 Å². The summed E-state index contributed by atoms with van der Waals surface area (Å²) in [7, 11) is 0. The van der Waals surface area contributed by atoms with Gasteiger partial charge in [0.2, 0.25) is 41.4 Å². The molecule has 27 heteroatoms. The minimum absolute atomic E-state index is 0.000916. The lowest BCUT2D eigenvalue weighted by molar-refractivity contribution is -0.146. The summed E-state index contributed by atoms with van der Waals surface area (Å²) >= 11 is 0. The lowest BCUT2D eigenvalue weighted by atomic mass is 9.87. The number of esters is 1. The van der Waals surface area contributed by atoms with Gasteiger partial charge in [0.05, 0.1) is 48.9 Å². The maximum absolute atomic E-state index is 14.6. The number of aliphatic hydroxyl groups excluding tert-OH is 2. The summed E-state index contributed by atoms with van der Waals surface area (Å²) in [4.78, 5) is 154. The minimum atomic E-state index is -1.55. The van der Waals surface area contributed by atoms with Crippen LogP contribution in [0.3, 0.4) is 0 Å². The molecule has 2 heterocycles. The summed E-state index contributed by atoms with van der Waals surface area (Å²) < 4.78 is 5.24. The SMILES string of the molecule is CC(C)C[C@@H]1NC(=O)[C@@H](Cc2ccccc2)NC(=O)[C@H](CCN)NC[C@@H](CC(=O)[C@H](CCN)NC(=O)[C@@H](CC(=O)[C@H](CCN)NC(=O)C2C(=O)OCC2c2ccccc2)C(C)O)CCNC(=O)[C@H](C(C)O)NC(=O)[C@H](CCN)CC(=O)[C@H](CCN)NC1=O. The van der Waals surface area contributed by atoms with Gasteiger partial charge in [0.15, 0.2) is 17.3 Å². The highest BCUT2D eigenvalue weighted by molar-refractivity contribution is 6.03. The molecule has 2 saturated heterocycles. The fourth-order valence-electron chi connectivity index (χ4n) is 10.8. The van der Waals surface area contributed by atoms with E-state index in [1.54, 1.807) is 60.7 Å². The lowest BCUT2D eigenvalue weighted by Gasteiger charge is -2.28. The van der Waals surface area contributed by atoms with Crippen molar-refractivity contribution in [3.63, 3.8) is 0 Å². The van der Waals surface area contributed by atoms with E-state index in [0.29, 0.717) is 11.1 Å². The maximum Gasteiger partial charge on any atom is 0.319 e. The van der Waals surface area contributed by atoms with Crippen molar-refractivity contribution in [2.45, 2.75) is 159 Å². The summed E-state index contributed by atoms with van der Waals surface area (Å²) in [6.45, 7) is 5.52. The van der Waals surface area contributed by atoms with E-state index in [9.17, 15) is 63.0 Å². The zero-order chi connectivity index (χ0) is 65.0. The number of nitrogens with two attached hydrogens (primary N) is 5. The standard InChI is InChI=1S/C61H95N13O14/c1-34(2)27-47-57(83)70-44(17-23-64)50(78)30-40(15-21-62)54(80)74-53(36(4)76)60(86)67-26-20-38(32-68-46(19-25-66)56(82)73-48(58(84)72-47)28-37-11-7-5-8-12-37)29-49(77)43(16-22-63)69-55(81)41(35(3)75)31-51(79)45(18-24-65)71-59(85)52-42(33-88-61(52)87)39-13-9-6-10-14-39/h5-14,34-36,38,40-48,52-53,68,75-76H,15-33,62-66H2,1-4H3,(H,67,86)(H,69,81)(H,70,83)(H,71,85)(H,72,84)(H,73,82)(H,74,80)/t35?,36?,38-,40-,41+,42?,43+,44+,45+,46+,47+,48-,52?,53+/m1/s1. The molecule has 0 spiro atoms. The largest absolute Gasteiger partial charge is 0.464 e. The van der Waals surface area contributed by atoms with Crippen molar-refractivity contribution in [2.24, 2.45) is 58.3 Å². The molecule has 2 aliphatic rings. The smallest absolute Gasteiger partial charge is 0.319 e.